The first-order valence-electron chi connectivity index (χ1n) is 5.83. The fourth-order valence-corrected chi connectivity index (χ4v) is 3.06. The van der Waals surface area contributed by atoms with Crippen molar-refractivity contribution in [2.24, 2.45) is 0 Å². The quantitative estimate of drug-likeness (QED) is 0.827. The third-order valence-corrected chi connectivity index (χ3v) is 4.08. The maximum absolute atomic E-state index is 5.81. The number of nitrogens with zero attached hydrogens (tertiary/aromatic N) is 2. The Kier molecular flexibility index (Phi) is 2.52. The average Bonchev–Trinajstić information content (AvgIpc) is 2.93. The van der Waals surface area contributed by atoms with Gasteiger partial charge in [0.15, 0.2) is 5.13 Å². The van der Waals surface area contributed by atoms with Crippen LogP contribution < -0.4 is 10.6 Å². The Morgan fingerprint density at radius 2 is 2.18 bits per heavy atom. The summed E-state index contributed by atoms with van der Waals surface area (Å²) in [5.74, 6) is 0. The van der Waals surface area contributed by atoms with Crippen LogP contribution in [-0.4, -0.2) is 4.98 Å². The van der Waals surface area contributed by atoms with Gasteiger partial charge < -0.3 is 10.6 Å². The number of aromatic nitrogens is 1. The minimum absolute atomic E-state index is 0.846. The first kappa shape index (κ1) is 10.6. The van der Waals surface area contributed by atoms with Crippen molar-refractivity contribution >= 4 is 22.2 Å². The number of thiazole rings is 1. The number of anilines is 2. The lowest BCUT2D eigenvalue weighted by Crippen LogP contribution is -2.14. The van der Waals surface area contributed by atoms with Crippen molar-refractivity contribution in [3.8, 4) is 0 Å². The van der Waals surface area contributed by atoms with Crippen LogP contribution >= 0.6 is 11.3 Å². The van der Waals surface area contributed by atoms with Crippen LogP contribution in [0.4, 0.5) is 10.8 Å². The highest BCUT2D eigenvalue weighted by atomic mass is 32.1. The molecule has 0 aliphatic carbocycles. The largest absolute Gasteiger partial charge is 0.399 e. The summed E-state index contributed by atoms with van der Waals surface area (Å²) in [4.78, 5) is 6.94. The fourth-order valence-electron chi connectivity index (χ4n) is 2.15. The van der Waals surface area contributed by atoms with Crippen LogP contribution in [0.25, 0.3) is 0 Å². The first-order chi connectivity index (χ1) is 8.26. The smallest absolute Gasteiger partial charge is 0.186 e. The number of aryl methyl sites for hydroxylation is 1. The van der Waals surface area contributed by atoms with Gasteiger partial charge in [0.25, 0.3) is 0 Å². The van der Waals surface area contributed by atoms with E-state index in [9.17, 15) is 0 Å². The molecule has 3 rings (SSSR count). The molecule has 0 radical (unpaired) electrons. The molecular weight excluding hydrogens is 230 g/mol. The van der Waals surface area contributed by atoms with Crippen LogP contribution in [-0.2, 0) is 19.5 Å². The molecule has 0 saturated carbocycles. The molecule has 1 aliphatic heterocycles. The number of fused-ring (bicyclic) bond motifs is 1. The Hall–Kier alpha value is -1.55. The summed E-state index contributed by atoms with van der Waals surface area (Å²) in [5, 5.41) is 3.27. The van der Waals surface area contributed by atoms with Gasteiger partial charge in [-0.25, -0.2) is 4.98 Å². The number of nitrogens with two attached hydrogens (primary N) is 1. The second-order valence-corrected chi connectivity index (χ2v) is 5.20. The summed E-state index contributed by atoms with van der Waals surface area (Å²) < 4.78 is 0. The van der Waals surface area contributed by atoms with Gasteiger partial charge in [0, 0.05) is 24.2 Å². The second-order valence-electron chi connectivity index (χ2n) is 4.36. The number of hydrogen-bond acceptors (Lipinski definition) is 4. The Morgan fingerprint density at radius 1 is 1.35 bits per heavy atom. The summed E-state index contributed by atoms with van der Waals surface area (Å²) in [6.45, 7) is 4.02. The van der Waals surface area contributed by atoms with Crippen molar-refractivity contribution in [3.63, 3.8) is 0 Å². The van der Waals surface area contributed by atoms with Crippen LogP contribution in [0.1, 0.15) is 23.7 Å². The van der Waals surface area contributed by atoms with Crippen molar-refractivity contribution in [2.75, 3.05) is 10.6 Å². The van der Waals surface area contributed by atoms with Gasteiger partial charge in [-0.1, -0.05) is 13.0 Å². The third-order valence-electron chi connectivity index (χ3n) is 3.13. The van der Waals surface area contributed by atoms with Crippen LogP contribution in [0.3, 0.4) is 0 Å². The van der Waals surface area contributed by atoms with Gasteiger partial charge in [0.1, 0.15) is 0 Å². The maximum Gasteiger partial charge on any atom is 0.186 e. The fraction of sp³-hybridized carbons (Fsp3) is 0.308. The molecule has 0 saturated heterocycles. The molecule has 0 amide bonds. The van der Waals surface area contributed by atoms with Crippen molar-refractivity contribution < 1.29 is 0 Å². The van der Waals surface area contributed by atoms with Gasteiger partial charge in [-0.3, -0.25) is 0 Å². The average molecular weight is 245 g/mol. The molecule has 0 spiro atoms. The lowest BCUT2D eigenvalue weighted by atomic mass is 10.1. The molecule has 2 aromatic rings. The zero-order valence-corrected chi connectivity index (χ0v) is 10.6. The topological polar surface area (TPSA) is 42.1 Å². The Labute approximate surface area is 105 Å². The zero-order chi connectivity index (χ0) is 11.8. The molecule has 4 heteroatoms. The van der Waals surface area contributed by atoms with E-state index < -0.39 is 0 Å². The van der Waals surface area contributed by atoms with Crippen LogP contribution in [0.5, 0.6) is 0 Å². The molecule has 2 heterocycles. The van der Waals surface area contributed by atoms with Crippen molar-refractivity contribution in [2.45, 2.75) is 26.4 Å². The highest BCUT2D eigenvalue weighted by molar-refractivity contribution is 7.13. The Balaban J connectivity index is 1.86. The van der Waals surface area contributed by atoms with E-state index in [0.29, 0.717) is 0 Å². The van der Waals surface area contributed by atoms with Gasteiger partial charge >= 0.3 is 0 Å². The summed E-state index contributed by atoms with van der Waals surface area (Å²) in [6, 6.07) is 6.17. The van der Waals surface area contributed by atoms with E-state index in [-0.39, 0.29) is 0 Å². The molecule has 2 N–H and O–H groups in total. The number of rotatable bonds is 2. The monoisotopic (exact) mass is 245 g/mol. The lowest BCUT2D eigenvalue weighted by molar-refractivity contribution is 0.865. The molecule has 1 aliphatic rings. The molecule has 1 aromatic heterocycles. The Bertz CT molecular complexity index is 547. The first-order valence-corrected chi connectivity index (χ1v) is 6.71. The molecule has 17 heavy (non-hydrogen) atoms. The standard InChI is InChI=1S/C13H15N3S/c1-2-12-8-17-13(15-12)16-6-9-3-4-11(14)5-10(9)7-16/h3-5,8H,2,6-7,14H2,1H3. The molecule has 1 aromatic carbocycles. The normalized spacial score (nSPS) is 14.1. The van der Waals surface area contributed by atoms with Crippen molar-refractivity contribution in [3.05, 3.63) is 40.4 Å². The molecule has 88 valence electrons. The maximum atomic E-state index is 5.81. The van der Waals surface area contributed by atoms with Gasteiger partial charge in [0.05, 0.1) is 5.69 Å². The number of hydrogen-bond donors (Lipinski definition) is 1. The van der Waals surface area contributed by atoms with E-state index in [4.69, 9.17) is 5.73 Å². The van der Waals surface area contributed by atoms with Crippen LogP contribution in [0.2, 0.25) is 0 Å². The van der Waals surface area contributed by atoms with E-state index in [1.807, 2.05) is 6.07 Å². The van der Waals surface area contributed by atoms with Crippen molar-refractivity contribution in [1.29, 1.82) is 0 Å². The molecular formula is C13H15N3S. The van der Waals surface area contributed by atoms with Crippen LogP contribution in [0, 0.1) is 0 Å². The van der Waals surface area contributed by atoms with Crippen LogP contribution in [0.15, 0.2) is 23.6 Å². The number of nitrogen functional groups attached to an aromatic ring is 1. The lowest BCUT2D eigenvalue weighted by Gasteiger charge is -2.12. The zero-order valence-electron chi connectivity index (χ0n) is 9.81. The van der Waals surface area contributed by atoms with Gasteiger partial charge in [-0.05, 0) is 29.7 Å². The van der Waals surface area contributed by atoms with Crippen molar-refractivity contribution in [1.82, 2.24) is 4.98 Å². The van der Waals surface area contributed by atoms with E-state index in [2.05, 4.69) is 34.3 Å². The molecule has 0 bridgehead atoms. The van der Waals surface area contributed by atoms with Gasteiger partial charge in [0.2, 0.25) is 0 Å². The van der Waals surface area contributed by atoms with E-state index in [1.54, 1.807) is 11.3 Å². The summed E-state index contributed by atoms with van der Waals surface area (Å²) in [5.41, 5.74) is 10.5. The molecule has 0 fully saturated rings. The highest BCUT2D eigenvalue weighted by Gasteiger charge is 2.21. The SMILES string of the molecule is CCc1csc(N2Cc3ccc(N)cc3C2)n1. The summed E-state index contributed by atoms with van der Waals surface area (Å²) in [6.07, 6.45) is 1.00. The summed E-state index contributed by atoms with van der Waals surface area (Å²) in [7, 11) is 0. The predicted octanol–water partition coefficient (Wildman–Crippen LogP) is 2.81. The minimum atomic E-state index is 0.846. The van der Waals surface area contributed by atoms with E-state index >= 15 is 0 Å². The van der Waals surface area contributed by atoms with E-state index in [1.165, 1.54) is 16.8 Å². The molecule has 0 unspecified atom stereocenters. The predicted molar refractivity (Wildman–Crippen MR) is 72.2 cm³/mol. The van der Waals surface area contributed by atoms with Gasteiger partial charge in [-0.15, -0.1) is 11.3 Å². The van der Waals surface area contributed by atoms with E-state index in [0.717, 1.165) is 30.3 Å². The van der Waals surface area contributed by atoms with Gasteiger partial charge in [-0.2, -0.15) is 0 Å². The Morgan fingerprint density at radius 3 is 2.94 bits per heavy atom. The summed E-state index contributed by atoms with van der Waals surface area (Å²) >= 11 is 1.73. The molecule has 0 atom stereocenters. The third kappa shape index (κ3) is 1.89. The molecule has 3 nitrogen and oxygen atoms in total. The number of benzene rings is 1. The minimum Gasteiger partial charge on any atom is -0.399 e. The second kappa shape index (κ2) is 4.04. The highest BCUT2D eigenvalue weighted by Crippen LogP contribution is 2.31.